The maximum Gasteiger partial charge on any atom is 0.225 e. The maximum absolute atomic E-state index is 12.6. The summed E-state index contributed by atoms with van der Waals surface area (Å²) in [5, 5.41) is 10.6. The summed E-state index contributed by atoms with van der Waals surface area (Å²) >= 11 is 6.35. The summed E-state index contributed by atoms with van der Waals surface area (Å²) in [6.45, 7) is 4.42. The number of piperidine rings is 2. The lowest BCUT2D eigenvalue weighted by atomic mass is 9.80. The molecule has 3 rings (SSSR count). The van der Waals surface area contributed by atoms with Crippen molar-refractivity contribution in [1.29, 1.82) is 0 Å². The highest BCUT2D eigenvalue weighted by atomic mass is 35.5. The minimum atomic E-state index is 0.0687. The molecule has 0 bridgehead atoms. The molecule has 0 aromatic carbocycles. The predicted octanol–water partition coefficient (Wildman–Crippen LogP) is 3.53. The number of carbonyl (C=O) groups is 1. The van der Waals surface area contributed by atoms with E-state index in [-0.39, 0.29) is 18.0 Å². The molecule has 1 amide bonds. The molecule has 6 heteroatoms. The van der Waals surface area contributed by atoms with Gasteiger partial charge < -0.3 is 15.4 Å². The Labute approximate surface area is 175 Å². The van der Waals surface area contributed by atoms with Crippen molar-refractivity contribution in [1.82, 2.24) is 16.0 Å². The van der Waals surface area contributed by atoms with Gasteiger partial charge >= 0.3 is 0 Å². The van der Waals surface area contributed by atoms with Gasteiger partial charge in [-0.25, -0.2) is 0 Å². The van der Waals surface area contributed by atoms with Gasteiger partial charge in [-0.1, -0.05) is 12.8 Å². The lowest BCUT2D eigenvalue weighted by molar-refractivity contribution is -0.126. The monoisotopic (exact) mass is 411 g/mol. The molecule has 3 N–H and O–H groups in total. The molecule has 3 aliphatic rings. The molecule has 6 unspecified atom stereocenters. The van der Waals surface area contributed by atoms with Gasteiger partial charge in [0.2, 0.25) is 5.91 Å². The number of rotatable bonds is 7. The van der Waals surface area contributed by atoms with Gasteiger partial charge in [-0.05, 0) is 76.3 Å². The number of amides is 1. The van der Waals surface area contributed by atoms with E-state index in [1.807, 2.05) is 6.92 Å². The first kappa shape index (κ1) is 21.9. The molecule has 2 heterocycles. The van der Waals surface area contributed by atoms with Crippen molar-refractivity contribution in [2.45, 2.75) is 82.3 Å². The smallest absolute Gasteiger partial charge is 0.225 e. The van der Waals surface area contributed by atoms with E-state index in [0.29, 0.717) is 18.0 Å². The third kappa shape index (κ3) is 6.93. The van der Waals surface area contributed by atoms with E-state index < -0.39 is 0 Å². The van der Waals surface area contributed by atoms with Gasteiger partial charge in [-0.15, -0.1) is 11.6 Å². The Morgan fingerprint density at radius 2 is 2.00 bits per heavy atom. The van der Waals surface area contributed by atoms with Crippen molar-refractivity contribution < 1.29 is 9.53 Å². The van der Waals surface area contributed by atoms with Crippen LogP contribution in [0.4, 0.5) is 0 Å². The molecular weight excluding hydrogens is 374 g/mol. The number of ether oxygens (including phenoxy) is 1. The van der Waals surface area contributed by atoms with Crippen LogP contribution in [0.2, 0.25) is 0 Å². The fraction of sp³-hybridized carbons (Fsp3) is 0.864. The molecule has 0 spiro atoms. The topological polar surface area (TPSA) is 62.4 Å². The summed E-state index contributed by atoms with van der Waals surface area (Å²) in [5.41, 5.74) is 0. The van der Waals surface area contributed by atoms with E-state index in [9.17, 15) is 4.79 Å². The summed E-state index contributed by atoms with van der Waals surface area (Å²) in [4.78, 5) is 12.6. The van der Waals surface area contributed by atoms with Crippen LogP contribution in [0.5, 0.6) is 0 Å². The van der Waals surface area contributed by atoms with Crippen LogP contribution in [0.1, 0.15) is 64.7 Å². The zero-order valence-electron chi connectivity index (χ0n) is 17.3. The molecule has 2 saturated heterocycles. The van der Waals surface area contributed by atoms with Crippen molar-refractivity contribution >= 4 is 17.5 Å². The number of alkyl halides is 1. The number of halogens is 1. The Bertz CT molecular complexity index is 500. The predicted molar refractivity (Wildman–Crippen MR) is 114 cm³/mol. The van der Waals surface area contributed by atoms with Crippen LogP contribution in [0.3, 0.4) is 0 Å². The normalized spacial score (nSPS) is 36.9. The van der Waals surface area contributed by atoms with Crippen LogP contribution in [-0.4, -0.2) is 43.2 Å². The van der Waals surface area contributed by atoms with Gasteiger partial charge in [0, 0.05) is 18.0 Å². The molecule has 160 valence electrons. The van der Waals surface area contributed by atoms with Crippen molar-refractivity contribution in [3.05, 3.63) is 12.3 Å². The molecule has 1 aliphatic carbocycles. The van der Waals surface area contributed by atoms with Crippen LogP contribution in [0, 0.1) is 17.8 Å². The highest BCUT2D eigenvalue weighted by Gasteiger charge is 2.29. The number of nitrogens with one attached hydrogen (secondary N) is 3. The fourth-order valence-corrected chi connectivity index (χ4v) is 5.36. The number of carbonyl (C=O) groups excluding carboxylic acids is 1. The quantitative estimate of drug-likeness (QED) is 0.443. The summed E-state index contributed by atoms with van der Waals surface area (Å²) in [6, 6.07) is 0.316. The van der Waals surface area contributed by atoms with Gasteiger partial charge in [0.1, 0.15) is 0 Å². The van der Waals surface area contributed by atoms with Gasteiger partial charge in [0.25, 0.3) is 0 Å². The van der Waals surface area contributed by atoms with E-state index in [0.717, 1.165) is 44.2 Å². The van der Waals surface area contributed by atoms with Crippen LogP contribution < -0.4 is 16.0 Å². The van der Waals surface area contributed by atoms with Crippen molar-refractivity contribution in [3.63, 3.8) is 0 Å². The Morgan fingerprint density at radius 3 is 2.68 bits per heavy atom. The SMILES string of the molecule is CCO/C=C/C1CCC(C(=O)NC2CCC(CC3CCCC(Cl)C3)CN2)CN1. The first-order valence-electron chi connectivity index (χ1n) is 11.3. The van der Waals surface area contributed by atoms with Crippen LogP contribution >= 0.6 is 11.6 Å². The highest BCUT2D eigenvalue weighted by molar-refractivity contribution is 6.20. The molecule has 3 fully saturated rings. The number of hydrogen-bond acceptors (Lipinski definition) is 4. The minimum Gasteiger partial charge on any atom is -0.502 e. The molecule has 0 radical (unpaired) electrons. The van der Waals surface area contributed by atoms with Gasteiger partial charge in [-0.2, -0.15) is 0 Å². The van der Waals surface area contributed by atoms with Gasteiger partial charge in [0.15, 0.2) is 0 Å². The van der Waals surface area contributed by atoms with Crippen LogP contribution in [0.15, 0.2) is 12.3 Å². The summed E-state index contributed by atoms with van der Waals surface area (Å²) in [5.74, 6) is 1.79. The third-order valence-electron chi connectivity index (χ3n) is 6.62. The highest BCUT2D eigenvalue weighted by Crippen LogP contribution is 2.33. The molecule has 0 aromatic rings. The third-order valence-corrected chi connectivity index (χ3v) is 7.01. The Balaban J connectivity index is 1.32. The molecule has 2 aliphatic heterocycles. The lowest BCUT2D eigenvalue weighted by Crippen LogP contribution is -2.53. The lowest BCUT2D eigenvalue weighted by Gasteiger charge is -2.35. The number of hydrogen-bond donors (Lipinski definition) is 3. The Morgan fingerprint density at radius 1 is 1.11 bits per heavy atom. The minimum absolute atomic E-state index is 0.0687. The summed E-state index contributed by atoms with van der Waals surface area (Å²) < 4.78 is 5.26. The molecular formula is C22H38ClN3O2. The van der Waals surface area contributed by atoms with Crippen LogP contribution in [-0.2, 0) is 9.53 Å². The maximum atomic E-state index is 12.6. The molecule has 5 nitrogen and oxygen atoms in total. The second-order valence-electron chi connectivity index (χ2n) is 8.85. The zero-order valence-corrected chi connectivity index (χ0v) is 18.1. The second kappa shape index (κ2) is 11.4. The van der Waals surface area contributed by atoms with Gasteiger partial charge in [0.05, 0.1) is 25.0 Å². The second-order valence-corrected chi connectivity index (χ2v) is 9.47. The van der Waals surface area contributed by atoms with Crippen molar-refractivity contribution in [3.8, 4) is 0 Å². The average Bonchev–Trinajstić information content (AvgIpc) is 2.70. The van der Waals surface area contributed by atoms with E-state index in [1.165, 1.54) is 38.5 Å². The Kier molecular flexibility index (Phi) is 8.94. The van der Waals surface area contributed by atoms with E-state index >= 15 is 0 Å². The summed E-state index contributed by atoms with van der Waals surface area (Å²) in [6.07, 6.45) is 14.4. The van der Waals surface area contributed by atoms with Crippen molar-refractivity contribution in [2.75, 3.05) is 19.7 Å². The summed E-state index contributed by atoms with van der Waals surface area (Å²) in [7, 11) is 0. The molecule has 28 heavy (non-hydrogen) atoms. The van der Waals surface area contributed by atoms with E-state index in [4.69, 9.17) is 16.3 Å². The van der Waals surface area contributed by atoms with E-state index in [2.05, 4.69) is 22.0 Å². The fourth-order valence-electron chi connectivity index (χ4n) is 4.95. The largest absolute Gasteiger partial charge is 0.502 e. The van der Waals surface area contributed by atoms with Crippen molar-refractivity contribution in [2.24, 2.45) is 17.8 Å². The van der Waals surface area contributed by atoms with Gasteiger partial charge in [-0.3, -0.25) is 10.1 Å². The van der Waals surface area contributed by atoms with E-state index in [1.54, 1.807) is 6.26 Å². The standard InChI is InChI=1S/C22H38ClN3O2/c1-2-28-11-10-20-8-7-18(15-24-20)22(27)26-21-9-6-17(14-25-21)12-16-4-3-5-19(23)13-16/h10-11,16-21,24-25H,2-9,12-15H2,1H3,(H,26,27)/b11-10+. The van der Waals surface area contributed by atoms with Crippen LogP contribution in [0.25, 0.3) is 0 Å². The molecule has 6 atom stereocenters. The first-order chi connectivity index (χ1) is 13.6. The Hall–Kier alpha value is -0.780. The zero-order chi connectivity index (χ0) is 19.8. The average molecular weight is 412 g/mol. The first-order valence-corrected chi connectivity index (χ1v) is 11.8. The molecule has 0 aromatic heterocycles. The molecule has 1 saturated carbocycles.